The van der Waals surface area contributed by atoms with Crippen LogP contribution in [0, 0.1) is 5.92 Å². The van der Waals surface area contributed by atoms with Crippen molar-refractivity contribution >= 4 is 47.2 Å². The summed E-state index contributed by atoms with van der Waals surface area (Å²) in [6, 6.07) is 2.22. The van der Waals surface area contributed by atoms with Gasteiger partial charge in [0.15, 0.2) is 0 Å². The van der Waals surface area contributed by atoms with Crippen molar-refractivity contribution in [1.82, 2.24) is 20.9 Å². The Kier molecular flexibility index (Phi) is 23.9. The van der Waals surface area contributed by atoms with E-state index < -0.39 is 65.6 Å². The van der Waals surface area contributed by atoms with Gasteiger partial charge in [0.2, 0.25) is 17.7 Å². The standard InChI is InChI=1S/C27H37N7O8.3C2H6/c1-15(2)23(33-25(39)20(13-28)34-21(36)10-11-22(34)37)26(40)32-19(5-4-12-30-27(29)41)24(38)31-18-8-6-17(7-9-18)14-42-16(3)35;3*1-2/h6-11,15,19-20,23H,4-5,12-14,28H2,1-3H3,(H,31,38)(H,32,40)(H,33,39)(H3,29,30,41);3*1-2H3. The lowest BCUT2D eigenvalue weighted by Gasteiger charge is -2.29. The fraction of sp³-hybridized carbons (Fsp3) is 0.545. The Morgan fingerprint density at radius 1 is 0.833 bits per heavy atom. The second-order valence-electron chi connectivity index (χ2n) is 9.82. The van der Waals surface area contributed by atoms with Crippen molar-refractivity contribution in [2.75, 3.05) is 18.4 Å². The Morgan fingerprint density at radius 3 is 1.83 bits per heavy atom. The summed E-state index contributed by atoms with van der Waals surface area (Å²) in [5, 5.41) is 10.3. The summed E-state index contributed by atoms with van der Waals surface area (Å²) in [6.45, 7) is 16.5. The van der Waals surface area contributed by atoms with Crippen molar-refractivity contribution in [2.45, 2.75) is 99.9 Å². The first kappa shape index (κ1) is 45.3. The van der Waals surface area contributed by atoms with Crippen LogP contribution >= 0.6 is 0 Å². The third kappa shape index (κ3) is 16.2. The van der Waals surface area contributed by atoms with Crippen molar-refractivity contribution < 1.29 is 38.3 Å². The van der Waals surface area contributed by atoms with Crippen LogP contribution in [0.4, 0.5) is 10.5 Å². The third-order valence-electron chi connectivity index (χ3n) is 6.19. The van der Waals surface area contributed by atoms with Crippen LogP contribution in [0.2, 0.25) is 0 Å². The van der Waals surface area contributed by atoms with E-state index in [-0.39, 0.29) is 32.5 Å². The second-order valence-corrected chi connectivity index (χ2v) is 9.82. The summed E-state index contributed by atoms with van der Waals surface area (Å²) in [5.74, 6) is -4.35. The number of nitrogens with two attached hydrogens (primary N) is 2. The summed E-state index contributed by atoms with van der Waals surface area (Å²) in [6.07, 6.45) is 2.43. The smallest absolute Gasteiger partial charge is 0.312 e. The van der Waals surface area contributed by atoms with Crippen molar-refractivity contribution in [2.24, 2.45) is 17.4 Å². The molecule has 2 rings (SSSR count). The van der Waals surface area contributed by atoms with E-state index in [1.54, 1.807) is 38.1 Å². The van der Waals surface area contributed by atoms with Gasteiger partial charge in [-0.15, -0.1) is 0 Å². The van der Waals surface area contributed by atoms with Gasteiger partial charge < -0.3 is 37.5 Å². The lowest BCUT2D eigenvalue weighted by atomic mass is 10.0. The molecule has 1 heterocycles. The molecule has 1 aliphatic rings. The average molecular weight is 678 g/mol. The number of esters is 1. The molecule has 1 aliphatic heterocycles. The summed E-state index contributed by atoms with van der Waals surface area (Å²) in [4.78, 5) is 86.4. The molecule has 7 amide bonds. The number of benzene rings is 1. The number of rotatable bonds is 15. The van der Waals surface area contributed by atoms with Gasteiger partial charge >= 0.3 is 12.0 Å². The number of hydrogen-bond donors (Lipinski definition) is 6. The number of ether oxygens (including phenoxy) is 1. The van der Waals surface area contributed by atoms with E-state index in [0.29, 0.717) is 16.2 Å². The van der Waals surface area contributed by atoms with Gasteiger partial charge in [-0.05, 0) is 36.5 Å². The van der Waals surface area contributed by atoms with Gasteiger partial charge in [0.25, 0.3) is 11.8 Å². The third-order valence-corrected chi connectivity index (χ3v) is 6.19. The Balaban J connectivity index is 0. The van der Waals surface area contributed by atoms with Crippen LogP contribution in [0.15, 0.2) is 36.4 Å². The van der Waals surface area contributed by atoms with Crippen LogP contribution < -0.4 is 32.7 Å². The molecular weight excluding hydrogens is 622 g/mol. The number of hydrogen-bond acceptors (Lipinski definition) is 9. The molecule has 0 bridgehead atoms. The van der Waals surface area contributed by atoms with E-state index in [4.69, 9.17) is 16.2 Å². The summed E-state index contributed by atoms with van der Waals surface area (Å²) < 4.78 is 4.94. The normalized spacial score (nSPS) is 13.2. The average Bonchev–Trinajstić information content (AvgIpc) is 3.40. The summed E-state index contributed by atoms with van der Waals surface area (Å²) >= 11 is 0. The second kappa shape index (κ2) is 25.3. The number of urea groups is 1. The lowest BCUT2D eigenvalue weighted by Crippen LogP contribution is -2.60. The highest BCUT2D eigenvalue weighted by atomic mass is 16.5. The molecule has 3 unspecified atom stereocenters. The zero-order valence-corrected chi connectivity index (χ0v) is 29.7. The molecular formula is C33H55N7O8. The monoisotopic (exact) mass is 677 g/mol. The van der Waals surface area contributed by atoms with Crippen LogP contribution in [-0.2, 0) is 40.1 Å². The Labute approximate surface area is 283 Å². The molecule has 15 nitrogen and oxygen atoms in total. The lowest BCUT2D eigenvalue weighted by molar-refractivity contribution is -0.146. The molecule has 1 aromatic rings. The van der Waals surface area contributed by atoms with Crippen molar-refractivity contribution in [3.63, 3.8) is 0 Å². The van der Waals surface area contributed by atoms with Gasteiger partial charge in [-0.2, -0.15) is 0 Å². The first-order valence-electron chi connectivity index (χ1n) is 16.3. The molecule has 3 atom stereocenters. The number of imide groups is 1. The molecule has 0 radical (unpaired) electrons. The number of primary amides is 1. The van der Waals surface area contributed by atoms with Crippen LogP contribution in [0.3, 0.4) is 0 Å². The van der Waals surface area contributed by atoms with Crippen molar-refractivity contribution in [3.05, 3.63) is 42.0 Å². The Hall–Kier alpha value is -4.79. The molecule has 0 aliphatic carbocycles. The highest BCUT2D eigenvalue weighted by molar-refractivity contribution is 6.15. The number of anilines is 1. The zero-order valence-electron chi connectivity index (χ0n) is 29.7. The molecule has 0 spiro atoms. The molecule has 270 valence electrons. The minimum absolute atomic E-state index is 0.0685. The van der Waals surface area contributed by atoms with Gasteiger partial charge in [0.1, 0.15) is 24.7 Å². The van der Waals surface area contributed by atoms with Crippen molar-refractivity contribution in [3.8, 4) is 0 Å². The first-order valence-corrected chi connectivity index (χ1v) is 16.3. The first-order chi connectivity index (χ1) is 22.8. The van der Waals surface area contributed by atoms with Crippen LogP contribution in [0.25, 0.3) is 0 Å². The quantitative estimate of drug-likeness (QED) is 0.0905. The van der Waals surface area contributed by atoms with Gasteiger partial charge in [-0.3, -0.25) is 33.7 Å². The molecule has 48 heavy (non-hydrogen) atoms. The highest BCUT2D eigenvalue weighted by Crippen LogP contribution is 2.14. The molecule has 0 saturated heterocycles. The van der Waals surface area contributed by atoms with Crippen LogP contribution in [0.1, 0.15) is 80.7 Å². The van der Waals surface area contributed by atoms with E-state index in [2.05, 4.69) is 21.3 Å². The summed E-state index contributed by atoms with van der Waals surface area (Å²) in [5.41, 5.74) is 11.9. The van der Waals surface area contributed by atoms with E-state index in [0.717, 1.165) is 12.2 Å². The number of nitrogens with one attached hydrogen (secondary N) is 4. The number of nitrogens with zero attached hydrogens (tertiary/aromatic N) is 1. The van der Waals surface area contributed by atoms with Gasteiger partial charge in [0.05, 0.1) is 0 Å². The molecule has 8 N–H and O–H groups in total. The summed E-state index contributed by atoms with van der Waals surface area (Å²) in [7, 11) is 0. The molecule has 0 aromatic heterocycles. The SMILES string of the molecule is CC.CC.CC.CC(=O)OCc1ccc(NC(=O)C(CCCNC(N)=O)NC(=O)C(NC(=O)C(CN)N2C(=O)C=CC2=O)C(C)C)cc1. The maximum absolute atomic E-state index is 13.3. The largest absolute Gasteiger partial charge is 0.461 e. The van der Waals surface area contributed by atoms with Gasteiger partial charge in [-0.1, -0.05) is 67.5 Å². The topological polar surface area (TPSA) is 232 Å². The molecule has 0 saturated carbocycles. The fourth-order valence-electron chi connectivity index (χ4n) is 3.98. The highest BCUT2D eigenvalue weighted by Gasteiger charge is 2.37. The van der Waals surface area contributed by atoms with E-state index in [9.17, 15) is 33.6 Å². The van der Waals surface area contributed by atoms with E-state index in [1.165, 1.54) is 6.92 Å². The van der Waals surface area contributed by atoms with E-state index >= 15 is 0 Å². The zero-order chi connectivity index (χ0) is 37.4. The van der Waals surface area contributed by atoms with Crippen LogP contribution in [-0.4, -0.2) is 77.7 Å². The molecule has 0 fully saturated rings. The van der Waals surface area contributed by atoms with Gasteiger partial charge in [-0.25, -0.2) is 4.79 Å². The Bertz CT molecular complexity index is 1200. The number of carbonyl (C=O) groups excluding carboxylic acids is 7. The predicted octanol–water partition coefficient (Wildman–Crippen LogP) is 2.09. The number of amides is 7. The molecule has 15 heteroatoms. The predicted molar refractivity (Wildman–Crippen MR) is 184 cm³/mol. The fourth-order valence-corrected chi connectivity index (χ4v) is 3.98. The number of carbonyl (C=O) groups is 7. The molecule has 1 aromatic carbocycles. The maximum Gasteiger partial charge on any atom is 0.312 e. The Morgan fingerprint density at radius 2 is 1.38 bits per heavy atom. The maximum atomic E-state index is 13.3. The van der Waals surface area contributed by atoms with Crippen LogP contribution in [0.5, 0.6) is 0 Å². The minimum Gasteiger partial charge on any atom is -0.461 e. The minimum atomic E-state index is -1.34. The van der Waals surface area contributed by atoms with Crippen molar-refractivity contribution in [1.29, 1.82) is 0 Å². The van der Waals surface area contributed by atoms with E-state index in [1.807, 2.05) is 41.5 Å². The van der Waals surface area contributed by atoms with Gasteiger partial charge in [0, 0.05) is 37.9 Å².